The minimum atomic E-state index is -0.199. The molecule has 1 rings (SSSR count). The Morgan fingerprint density at radius 1 is 1.55 bits per heavy atom. The molecule has 1 aliphatic heterocycles. The van der Waals surface area contributed by atoms with Crippen LogP contribution >= 0.6 is 0 Å². The number of Topliss-reactive ketones (excluding diaryl/α,β-unsaturated/α-hetero) is 1. The van der Waals surface area contributed by atoms with Crippen LogP contribution in [0.3, 0.4) is 0 Å². The number of hydrogen-bond donors (Lipinski definition) is 0. The van der Waals surface area contributed by atoms with Crippen LogP contribution in [0.5, 0.6) is 0 Å². The highest BCUT2D eigenvalue weighted by Gasteiger charge is 2.34. The molecule has 0 N–H and O–H groups in total. The maximum Gasteiger partial charge on any atom is 0.138 e. The third-order valence-electron chi connectivity index (χ3n) is 2.58. The van der Waals surface area contributed by atoms with Crippen LogP contribution in [0.4, 0.5) is 0 Å². The summed E-state index contributed by atoms with van der Waals surface area (Å²) in [6.07, 6.45) is 1.19. The Morgan fingerprint density at radius 2 is 2.18 bits per heavy atom. The van der Waals surface area contributed by atoms with Crippen LogP contribution in [0.2, 0.25) is 0 Å². The standard InChI is InChI=1S/C9H16O2/c1-7(2)9(3)6-8(10)4-5-11-9/h7H,4-6H2,1-3H3. The molecule has 1 fully saturated rings. The summed E-state index contributed by atoms with van der Waals surface area (Å²) >= 11 is 0. The average Bonchev–Trinajstić information content (AvgIpc) is 1.86. The lowest BCUT2D eigenvalue weighted by Gasteiger charge is -2.36. The molecule has 2 heteroatoms. The summed E-state index contributed by atoms with van der Waals surface area (Å²) in [4.78, 5) is 11.1. The zero-order valence-corrected chi connectivity index (χ0v) is 7.52. The van der Waals surface area contributed by atoms with E-state index >= 15 is 0 Å². The molecule has 0 amide bonds. The second-order valence-electron chi connectivity index (χ2n) is 3.78. The Bertz CT molecular complexity index is 163. The van der Waals surface area contributed by atoms with Gasteiger partial charge in [-0.2, -0.15) is 0 Å². The van der Waals surface area contributed by atoms with Gasteiger partial charge in [0.1, 0.15) is 5.78 Å². The largest absolute Gasteiger partial charge is 0.374 e. The number of ether oxygens (including phenoxy) is 1. The monoisotopic (exact) mass is 156 g/mol. The normalized spacial score (nSPS) is 32.9. The maximum absolute atomic E-state index is 11.1. The van der Waals surface area contributed by atoms with Gasteiger partial charge in [0.05, 0.1) is 12.2 Å². The van der Waals surface area contributed by atoms with E-state index in [9.17, 15) is 4.79 Å². The summed E-state index contributed by atoms with van der Waals surface area (Å²) in [5, 5.41) is 0. The van der Waals surface area contributed by atoms with E-state index in [0.717, 1.165) is 0 Å². The van der Waals surface area contributed by atoms with Crippen molar-refractivity contribution in [2.24, 2.45) is 5.92 Å². The molecule has 0 aliphatic carbocycles. The molecule has 0 aromatic heterocycles. The van der Waals surface area contributed by atoms with E-state index in [0.29, 0.717) is 31.1 Å². The SMILES string of the molecule is CC(C)C1(C)CC(=O)CCO1. The van der Waals surface area contributed by atoms with Crippen molar-refractivity contribution in [1.29, 1.82) is 0 Å². The highest BCUT2D eigenvalue weighted by molar-refractivity contribution is 5.80. The first kappa shape index (κ1) is 8.72. The zero-order chi connectivity index (χ0) is 8.48. The molecule has 11 heavy (non-hydrogen) atoms. The Morgan fingerprint density at radius 3 is 2.55 bits per heavy atom. The Balaban J connectivity index is 2.62. The van der Waals surface area contributed by atoms with Gasteiger partial charge in [-0.3, -0.25) is 4.79 Å². The van der Waals surface area contributed by atoms with Crippen molar-refractivity contribution in [2.75, 3.05) is 6.61 Å². The van der Waals surface area contributed by atoms with Crippen molar-refractivity contribution < 1.29 is 9.53 Å². The van der Waals surface area contributed by atoms with Crippen LogP contribution in [-0.4, -0.2) is 18.0 Å². The molecule has 1 saturated heterocycles. The molecule has 0 saturated carbocycles. The first-order valence-electron chi connectivity index (χ1n) is 4.20. The molecular formula is C9H16O2. The molecule has 2 nitrogen and oxygen atoms in total. The summed E-state index contributed by atoms with van der Waals surface area (Å²) in [5.41, 5.74) is -0.199. The number of ketones is 1. The second kappa shape index (κ2) is 2.94. The predicted octanol–water partition coefficient (Wildman–Crippen LogP) is 1.78. The fourth-order valence-corrected chi connectivity index (χ4v) is 1.30. The van der Waals surface area contributed by atoms with Crippen LogP contribution in [0.25, 0.3) is 0 Å². The van der Waals surface area contributed by atoms with Gasteiger partial charge in [-0.25, -0.2) is 0 Å². The van der Waals surface area contributed by atoms with Gasteiger partial charge in [-0.05, 0) is 12.8 Å². The molecule has 0 aromatic carbocycles. The molecule has 1 heterocycles. The topological polar surface area (TPSA) is 26.3 Å². The van der Waals surface area contributed by atoms with Gasteiger partial charge in [-0.15, -0.1) is 0 Å². The summed E-state index contributed by atoms with van der Waals surface area (Å²) in [6.45, 7) is 6.82. The van der Waals surface area contributed by atoms with Crippen molar-refractivity contribution in [1.82, 2.24) is 0 Å². The molecule has 1 unspecified atom stereocenters. The minimum Gasteiger partial charge on any atom is -0.374 e. The number of hydrogen-bond acceptors (Lipinski definition) is 2. The van der Waals surface area contributed by atoms with Crippen LogP contribution in [-0.2, 0) is 9.53 Å². The average molecular weight is 156 g/mol. The molecule has 1 atom stereocenters. The van der Waals surface area contributed by atoms with E-state index in [1.54, 1.807) is 0 Å². The Labute approximate surface area is 67.9 Å². The van der Waals surface area contributed by atoms with Crippen LogP contribution in [0, 0.1) is 5.92 Å². The molecule has 0 radical (unpaired) electrons. The smallest absolute Gasteiger partial charge is 0.138 e. The van der Waals surface area contributed by atoms with Gasteiger partial charge < -0.3 is 4.74 Å². The van der Waals surface area contributed by atoms with Crippen LogP contribution < -0.4 is 0 Å². The van der Waals surface area contributed by atoms with Gasteiger partial charge in [0.15, 0.2) is 0 Å². The van der Waals surface area contributed by atoms with E-state index in [1.807, 2.05) is 6.92 Å². The molecule has 0 aromatic rings. The number of carbonyl (C=O) groups excluding carboxylic acids is 1. The summed E-state index contributed by atoms with van der Waals surface area (Å²) in [5.74, 6) is 0.763. The third-order valence-corrected chi connectivity index (χ3v) is 2.58. The molecule has 64 valence electrons. The fourth-order valence-electron chi connectivity index (χ4n) is 1.30. The van der Waals surface area contributed by atoms with E-state index in [-0.39, 0.29) is 5.60 Å². The van der Waals surface area contributed by atoms with E-state index in [2.05, 4.69) is 13.8 Å². The molecular weight excluding hydrogens is 140 g/mol. The number of carbonyl (C=O) groups is 1. The Kier molecular flexibility index (Phi) is 2.33. The highest BCUT2D eigenvalue weighted by atomic mass is 16.5. The second-order valence-corrected chi connectivity index (χ2v) is 3.78. The highest BCUT2D eigenvalue weighted by Crippen LogP contribution is 2.29. The first-order valence-corrected chi connectivity index (χ1v) is 4.20. The number of rotatable bonds is 1. The van der Waals surface area contributed by atoms with E-state index < -0.39 is 0 Å². The summed E-state index contributed by atoms with van der Waals surface area (Å²) in [6, 6.07) is 0. The molecule has 1 aliphatic rings. The van der Waals surface area contributed by atoms with Crippen molar-refractivity contribution >= 4 is 5.78 Å². The summed E-state index contributed by atoms with van der Waals surface area (Å²) < 4.78 is 5.58. The van der Waals surface area contributed by atoms with Crippen LogP contribution in [0.15, 0.2) is 0 Å². The lowest BCUT2D eigenvalue weighted by molar-refractivity contribution is -0.143. The molecule has 0 bridgehead atoms. The predicted molar refractivity (Wildman–Crippen MR) is 43.4 cm³/mol. The third kappa shape index (κ3) is 1.80. The first-order chi connectivity index (χ1) is 5.04. The fraction of sp³-hybridized carbons (Fsp3) is 0.889. The van der Waals surface area contributed by atoms with Crippen molar-refractivity contribution in [3.05, 3.63) is 0 Å². The van der Waals surface area contributed by atoms with Crippen molar-refractivity contribution in [3.8, 4) is 0 Å². The van der Waals surface area contributed by atoms with Gasteiger partial charge in [0.2, 0.25) is 0 Å². The van der Waals surface area contributed by atoms with Gasteiger partial charge >= 0.3 is 0 Å². The maximum atomic E-state index is 11.1. The molecule has 0 spiro atoms. The lowest BCUT2D eigenvalue weighted by atomic mass is 9.85. The minimum absolute atomic E-state index is 0.199. The van der Waals surface area contributed by atoms with Gasteiger partial charge in [0, 0.05) is 12.8 Å². The van der Waals surface area contributed by atoms with Crippen LogP contribution in [0.1, 0.15) is 33.6 Å². The summed E-state index contributed by atoms with van der Waals surface area (Å²) in [7, 11) is 0. The lowest BCUT2D eigenvalue weighted by Crippen LogP contribution is -2.41. The van der Waals surface area contributed by atoms with Gasteiger partial charge in [-0.1, -0.05) is 13.8 Å². The quantitative estimate of drug-likeness (QED) is 0.578. The van der Waals surface area contributed by atoms with Gasteiger partial charge in [0.25, 0.3) is 0 Å². The van der Waals surface area contributed by atoms with E-state index in [4.69, 9.17) is 4.74 Å². The zero-order valence-electron chi connectivity index (χ0n) is 7.52. The van der Waals surface area contributed by atoms with Crippen molar-refractivity contribution in [3.63, 3.8) is 0 Å². The van der Waals surface area contributed by atoms with Crippen molar-refractivity contribution in [2.45, 2.75) is 39.2 Å². The van der Waals surface area contributed by atoms with E-state index in [1.165, 1.54) is 0 Å². The Hall–Kier alpha value is -0.370.